The van der Waals surface area contributed by atoms with Crippen molar-refractivity contribution in [3.05, 3.63) is 57.6 Å². The molecule has 2 N–H and O–H groups in total. The number of ketones is 1. The summed E-state index contributed by atoms with van der Waals surface area (Å²) >= 11 is 0. The van der Waals surface area contributed by atoms with Crippen LogP contribution in [-0.4, -0.2) is 22.0 Å². The molecular formula is C19H20O5. The summed E-state index contributed by atoms with van der Waals surface area (Å²) in [6, 6.07) is 5.56. The van der Waals surface area contributed by atoms with Gasteiger partial charge in [-0.1, -0.05) is 6.07 Å². The quantitative estimate of drug-likeness (QED) is 0.662. The van der Waals surface area contributed by atoms with Crippen molar-refractivity contribution in [1.29, 1.82) is 0 Å². The molecule has 0 amide bonds. The summed E-state index contributed by atoms with van der Waals surface area (Å²) < 4.78 is 5.28. The second kappa shape index (κ2) is 6.74. The first kappa shape index (κ1) is 17.5. The summed E-state index contributed by atoms with van der Waals surface area (Å²) in [4.78, 5) is 23.9. The number of carbonyl (C=O) groups excluding carboxylic acids is 2. The van der Waals surface area contributed by atoms with Gasteiger partial charge in [0.15, 0.2) is 5.78 Å². The molecule has 0 heterocycles. The van der Waals surface area contributed by atoms with E-state index in [2.05, 4.69) is 0 Å². The Labute approximate surface area is 140 Å². The van der Waals surface area contributed by atoms with Gasteiger partial charge in [-0.2, -0.15) is 0 Å². The maximum absolute atomic E-state index is 12.1. The molecule has 2 aromatic rings. The van der Waals surface area contributed by atoms with Gasteiger partial charge in [-0.25, -0.2) is 4.79 Å². The number of phenolic OH excluding ortho intramolecular Hbond substituents is 2. The van der Waals surface area contributed by atoms with Gasteiger partial charge in [0, 0.05) is 11.6 Å². The molecule has 0 saturated carbocycles. The normalized spacial score (nSPS) is 10.5. The predicted molar refractivity (Wildman–Crippen MR) is 89.5 cm³/mol. The van der Waals surface area contributed by atoms with Crippen LogP contribution >= 0.6 is 0 Å². The second-order valence-corrected chi connectivity index (χ2v) is 5.82. The van der Waals surface area contributed by atoms with Crippen molar-refractivity contribution >= 4 is 11.8 Å². The number of hydrogen-bond acceptors (Lipinski definition) is 5. The van der Waals surface area contributed by atoms with Crippen LogP contribution in [0.2, 0.25) is 0 Å². The molecule has 2 aromatic carbocycles. The highest BCUT2D eigenvalue weighted by molar-refractivity contribution is 5.97. The monoisotopic (exact) mass is 328 g/mol. The largest absolute Gasteiger partial charge is 0.508 e. The van der Waals surface area contributed by atoms with Crippen molar-refractivity contribution in [2.45, 2.75) is 34.3 Å². The number of hydrogen-bond donors (Lipinski definition) is 2. The molecule has 0 radical (unpaired) electrons. The number of phenols is 2. The summed E-state index contributed by atoms with van der Waals surface area (Å²) in [7, 11) is 0. The van der Waals surface area contributed by atoms with Crippen LogP contribution in [0.3, 0.4) is 0 Å². The van der Waals surface area contributed by atoms with Gasteiger partial charge in [0.05, 0.1) is 0 Å². The topological polar surface area (TPSA) is 83.8 Å². The highest BCUT2D eigenvalue weighted by atomic mass is 16.5. The number of aromatic hydroxyl groups is 2. The summed E-state index contributed by atoms with van der Waals surface area (Å²) in [6.45, 7) is 7.11. The third-order valence-corrected chi connectivity index (χ3v) is 4.03. The van der Waals surface area contributed by atoms with E-state index >= 15 is 0 Å². The molecule has 0 aliphatic rings. The average molecular weight is 328 g/mol. The fourth-order valence-corrected chi connectivity index (χ4v) is 2.90. The third-order valence-electron chi connectivity index (χ3n) is 4.03. The lowest BCUT2D eigenvalue weighted by Crippen LogP contribution is -2.10. The van der Waals surface area contributed by atoms with Crippen molar-refractivity contribution in [2.75, 3.05) is 0 Å². The van der Waals surface area contributed by atoms with Crippen LogP contribution in [0.25, 0.3) is 0 Å². The molecule has 2 rings (SSSR count). The Balaban J connectivity index is 2.27. The van der Waals surface area contributed by atoms with Gasteiger partial charge in [0.2, 0.25) is 0 Å². The summed E-state index contributed by atoms with van der Waals surface area (Å²) in [5.41, 5.74) is 4.00. The minimum atomic E-state index is -0.698. The minimum absolute atomic E-state index is 0.00260. The second-order valence-electron chi connectivity index (χ2n) is 5.82. The molecule has 0 saturated heterocycles. The van der Waals surface area contributed by atoms with E-state index in [0.717, 1.165) is 28.3 Å². The van der Waals surface area contributed by atoms with Crippen LogP contribution < -0.4 is 0 Å². The molecule has 5 heteroatoms. The Morgan fingerprint density at radius 3 is 2.29 bits per heavy atom. The van der Waals surface area contributed by atoms with E-state index in [-0.39, 0.29) is 29.5 Å². The first-order chi connectivity index (χ1) is 11.2. The fourth-order valence-electron chi connectivity index (χ4n) is 2.90. The lowest BCUT2D eigenvalue weighted by atomic mass is 9.92. The molecule has 0 fully saturated rings. The number of carbonyl (C=O) groups is 2. The molecular weight excluding hydrogens is 308 g/mol. The zero-order chi connectivity index (χ0) is 18.0. The maximum Gasteiger partial charge on any atom is 0.342 e. The van der Waals surface area contributed by atoms with E-state index in [9.17, 15) is 19.8 Å². The number of benzene rings is 2. The number of aryl methyl sites for hydroxylation is 2. The third kappa shape index (κ3) is 3.40. The van der Waals surface area contributed by atoms with E-state index in [0.29, 0.717) is 5.56 Å². The molecule has 5 nitrogen and oxygen atoms in total. The first-order valence-corrected chi connectivity index (χ1v) is 7.52. The van der Waals surface area contributed by atoms with E-state index in [1.807, 2.05) is 26.8 Å². The van der Waals surface area contributed by atoms with Gasteiger partial charge >= 0.3 is 5.97 Å². The Morgan fingerprint density at radius 1 is 1.04 bits per heavy atom. The van der Waals surface area contributed by atoms with Crippen LogP contribution in [0.15, 0.2) is 24.3 Å². The summed E-state index contributed by atoms with van der Waals surface area (Å²) in [5, 5.41) is 19.0. The number of rotatable bonds is 4. The highest BCUT2D eigenvalue weighted by Gasteiger charge is 2.17. The highest BCUT2D eigenvalue weighted by Crippen LogP contribution is 2.26. The fraction of sp³-hybridized carbons (Fsp3) is 0.263. The predicted octanol–water partition coefficient (Wildman–Crippen LogP) is 3.58. The first-order valence-electron chi connectivity index (χ1n) is 7.52. The molecule has 0 bridgehead atoms. The van der Waals surface area contributed by atoms with E-state index in [4.69, 9.17) is 4.74 Å². The lowest BCUT2D eigenvalue weighted by Gasteiger charge is -2.16. The van der Waals surface area contributed by atoms with E-state index in [1.54, 1.807) is 0 Å². The van der Waals surface area contributed by atoms with Gasteiger partial charge < -0.3 is 14.9 Å². The van der Waals surface area contributed by atoms with Crippen molar-refractivity contribution < 1.29 is 24.5 Å². The smallest absolute Gasteiger partial charge is 0.342 e. The van der Waals surface area contributed by atoms with Crippen LogP contribution in [0.4, 0.5) is 0 Å². The number of esters is 1. The Hall–Kier alpha value is -2.82. The van der Waals surface area contributed by atoms with Crippen LogP contribution in [-0.2, 0) is 11.3 Å². The van der Waals surface area contributed by atoms with Gasteiger partial charge in [0.25, 0.3) is 0 Å². The van der Waals surface area contributed by atoms with Crippen molar-refractivity contribution in [1.82, 2.24) is 0 Å². The zero-order valence-electron chi connectivity index (χ0n) is 14.1. The van der Waals surface area contributed by atoms with Gasteiger partial charge in [-0.3, -0.25) is 4.79 Å². The van der Waals surface area contributed by atoms with Crippen LogP contribution in [0, 0.1) is 20.8 Å². The van der Waals surface area contributed by atoms with Crippen LogP contribution in [0.1, 0.15) is 49.9 Å². The Kier molecular flexibility index (Phi) is 4.93. The zero-order valence-corrected chi connectivity index (χ0v) is 14.1. The molecule has 0 unspecified atom stereocenters. The summed E-state index contributed by atoms with van der Waals surface area (Å²) in [5.74, 6) is -1.22. The van der Waals surface area contributed by atoms with Gasteiger partial charge in [0.1, 0.15) is 23.7 Å². The average Bonchev–Trinajstić information content (AvgIpc) is 2.45. The SMILES string of the molecule is CC(=O)c1c(C)cc(C)c(COC(=O)c2ccc(O)cc2O)c1C. The number of ether oxygens (including phenoxy) is 1. The van der Waals surface area contributed by atoms with Gasteiger partial charge in [-0.15, -0.1) is 0 Å². The van der Waals surface area contributed by atoms with E-state index in [1.165, 1.54) is 19.1 Å². The van der Waals surface area contributed by atoms with Crippen LogP contribution in [0.5, 0.6) is 11.5 Å². The molecule has 0 atom stereocenters. The molecule has 0 aromatic heterocycles. The number of Topliss-reactive ketones (excluding diaryl/α,β-unsaturated/α-hetero) is 1. The lowest BCUT2D eigenvalue weighted by molar-refractivity contribution is 0.0468. The minimum Gasteiger partial charge on any atom is -0.508 e. The van der Waals surface area contributed by atoms with Crippen molar-refractivity contribution in [2.24, 2.45) is 0 Å². The molecule has 126 valence electrons. The standard InChI is InChI=1S/C19H20O5/c1-10-7-11(2)18(13(4)20)12(3)16(10)9-24-19(23)15-6-5-14(21)8-17(15)22/h5-8,21-22H,9H2,1-4H3. The molecule has 24 heavy (non-hydrogen) atoms. The van der Waals surface area contributed by atoms with E-state index < -0.39 is 5.97 Å². The molecule has 0 spiro atoms. The Bertz CT molecular complexity index is 821. The molecule has 0 aliphatic heterocycles. The maximum atomic E-state index is 12.1. The Morgan fingerprint density at radius 2 is 1.71 bits per heavy atom. The molecule has 0 aliphatic carbocycles. The van der Waals surface area contributed by atoms with Crippen molar-refractivity contribution in [3.63, 3.8) is 0 Å². The van der Waals surface area contributed by atoms with Crippen molar-refractivity contribution in [3.8, 4) is 11.5 Å². The van der Waals surface area contributed by atoms with Gasteiger partial charge in [-0.05, 0) is 62.1 Å². The summed E-state index contributed by atoms with van der Waals surface area (Å²) in [6.07, 6.45) is 0.